The van der Waals surface area contributed by atoms with Gasteiger partial charge in [0.1, 0.15) is 11.8 Å². The quantitative estimate of drug-likeness (QED) is 0.395. The fraction of sp³-hybridized carbons (Fsp3) is 0.579. The fourth-order valence-corrected chi connectivity index (χ4v) is 2.58. The normalized spacial score (nSPS) is 11.4. The van der Waals surface area contributed by atoms with Crippen LogP contribution in [-0.2, 0) is 16.0 Å². The van der Waals surface area contributed by atoms with Gasteiger partial charge in [0.15, 0.2) is 0 Å². The standard InChI is InChI=1S/C19H29NO4.Na.H/c1-2-3-4-5-6-7-8-9-18(22)20-17(19(23)24)14-15-10-12-16(21)13-11-15;;/h10-13,17,21H,2-9,14H2,1H3,(H,20,22)(H,23,24);;. The van der Waals surface area contributed by atoms with Crippen LogP contribution < -0.4 is 5.32 Å². The average molecular weight is 359 g/mol. The summed E-state index contributed by atoms with van der Waals surface area (Å²) in [6.07, 6.45) is 8.44. The van der Waals surface area contributed by atoms with Gasteiger partial charge in [-0.2, -0.15) is 0 Å². The SMILES string of the molecule is CCCCCCCCCC(=O)NC(Cc1ccc(O)cc1)C(=O)O.[NaH]. The van der Waals surface area contributed by atoms with Crippen LogP contribution in [-0.4, -0.2) is 57.7 Å². The number of hydrogen-bond acceptors (Lipinski definition) is 3. The number of carbonyl (C=O) groups is 2. The summed E-state index contributed by atoms with van der Waals surface area (Å²) in [6.45, 7) is 2.18. The van der Waals surface area contributed by atoms with Crippen molar-refractivity contribution >= 4 is 41.4 Å². The van der Waals surface area contributed by atoms with E-state index < -0.39 is 12.0 Å². The van der Waals surface area contributed by atoms with E-state index in [0.717, 1.165) is 24.8 Å². The van der Waals surface area contributed by atoms with Crippen LogP contribution in [0.2, 0.25) is 0 Å². The molecule has 3 N–H and O–H groups in total. The molecule has 0 fully saturated rings. The Kier molecular flexibility index (Phi) is 13.6. The van der Waals surface area contributed by atoms with Crippen molar-refractivity contribution in [2.45, 2.75) is 70.8 Å². The Morgan fingerprint density at radius 2 is 1.56 bits per heavy atom. The molecule has 0 spiro atoms. The zero-order valence-corrected chi connectivity index (χ0v) is 14.5. The first-order valence-corrected chi connectivity index (χ1v) is 8.83. The van der Waals surface area contributed by atoms with Crippen LogP contribution in [0, 0.1) is 0 Å². The summed E-state index contributed by atoms with van der Waals surface area (Å²) in [6, 6.07) is 5.40. The van der Waals surface area contributed by atoms with Gasteiger partial charge >= 0.3 is 35.5 Å². The molecule has 1 unspecified atom stereocenters. The van der Waals surface area contributed by atoms with Crippen molar-refractivity contribution in [1.29, 1.82) is 0 Å². The molecule has 0 bridgehead atoms. The summed E-state index contributed by atoms with van der Waals surface area (Å²) in [5.74, 6) is -1.13. The van der Waals surface area contributed by atoms with E-state index in [-0.39, 0.29) is 47.6 Å². The van der Waals surface area contributed by atoms with Crippen molar-refractivity contribution in [2.24, 2.45) is 0 Å². The number of unbranched alkanes of at least 4 members (excludes halogenated alkanes) is 6. The summed E-state index contributed by atoms with van der Waals surface area (Å²) in [5, 5.41) is 21.1. The summed E-state index contributed by atoms with van der Waals surface area (Å²) < 4.78 is 0. The van der Waals surface area contributed by atoms with Gasteiger partial charge in [0, 0.05) is 12.8 Å². The first kappa shape index (κ1) is 24.0. The molecule has 0 aliphatic carbocycles. The number of hydrogen-bond donors (Lipinski definition) is 3. The van der Waals surface area contributed by atoms with Crippen molar-refractivity contribution < 1.29 is 19.8 Å². The van der Waals surface area contributed by atoms with Gasteiger partial charge in [0.25, 0.3) is 0 Å². The molecule has 5 nitrogen and oxygen atoms in total. The van der Waals surface area contributed by atoms with Crippen molar-refractivity contribution in [1.82, 2.24) is 5.32 Å². The van der Waals surface area contributed by atoms with Crippen molar-refractivity contribution in [3.05, 3.63) is 29.8 Å². The average Bonchev–Trinajstić information content (AvgIpc) is 2.55. The van der Waals surface area contributed by atoms with E-state index in [1.807, 2.05) is 0 Å². The Balaban J connectivity index is 0.00000576. The van der Waals surface area contributed by atoms with Gasteiger partial charge in [-0.1, -0.05) is 57.6 Å². The number of carbonyl (C=O) groups excluding carboxylic acids is 1. The molecular weight excluding hydrogens is 329 g/mol. The van der Waals surface area contributed by atoms with Crippen LogP contribution >= 0.6 is 0 Å². The van der Waals surface area contributed by atoms with E-state index in [2.05, 4.69) is 12.2 Å². The summed E-state index contributed by atoms with van der Waals surface area (Å²) >= 11 is 0. The van der Waals surface area contributed by atoms with Gasteiger partial charge in [-0.15, -0.1) is 0 Å². The zero-order chi connectivity index (χ0) is 17.8. The Morgan fingerprint density at radius 1 is 1.00 bits per heavy atom. The maximum atomic E-state index is 11.9. The van der Waals surface area contributed by atoms with Gasteiger partial charge < -0.3 is 15.5 Å². The van der Waals surface area contributed by atoms with E-state index in [1.54, 1.807) is 12.1 Å². The number of benzene rings is 1. The second-order valence-electron chi connectivity index (χ2n) is 6.20. The third-order valence-electron chi connectivity index (χ3n) is 4.02. The van der Waals surface area contributed by atoms with Crippen LogP contribution in [0.25, 0.3) is 0 Å². The number of carboxylic acid groups (broad SMARTS) is 1. The molecule has 1 aromatic rings. The minimum absolute atomic E-state index is 0. The molecule has 0 heterocycles. The van der Waals surface area contributed by atoms with Gasteiger partial charge in [-0.3, -0.25) is 4.79 Å². The number of carboxylic acids is 1. The fourth-order valence-electron chi connectivity index (χ4n) is 2.58. The Morgan fingerprint density at radius 3 is 2.12 bits per heavy atom. The third-order valence-corrected chi connectivity index (χ3v) is 4.02. The van der Waals surface area contributed by atoms with Crippen molar-refractivity contribution in [3.8, 4) is 5.75 Å². The molecule has 0 aliphatic heterocycles. The van der Waals surface area contributed by atoms with E-state index in [9.17, 15) is 19.8 Å². The third kappa shape index (κ3) is 11.2. The summed E-state index contributed by atoms with van der Waals surface area (Å²) in [7, 11) is 0. The molecule has 1 rings (SSSR count). The Labute approximate surface area is 172 Å². The van der Waals surface area contributed by atoms with Gasteiger partial charge in [-0.05, 0) is 24.1 Å². The maximum absolute atomic E-state index is 11.9. The number of rotatable bonds is 12. The molecular formula is C19H30NNaO4. The molecule has 136 valence electrons. The van der Waals surface area contributed by atoms with E-state index in [4.69, 9.17) is 0 Å². The molecule has 6 heteroatoms. The monoisotopic (exact) mass is 359 g/mol. The second kappa shape index (κ2) is 14.2. The second-order valence-corrected chi connectivity index (χ2v) is 6.20. The number of phenolic OH excluding ortho intramolecular Hbond substituents is 1. The van der Waals surface area contributed by atoms with Crippen LogP contribution in [0.4, 0.5) is 0 Å². The minimum atomic E-state index is -1.05. The molecule has 0 aliphatic rings. The molecule has 0 saturated carbocycles. The van der Waals surface area contributed by atoms with E-state index in [0.29, 0.717) is 6.42 Å². The van der Waals surface area contributed by atoms with Gasteiger partial charge in [0.2, 0.25) is 5.91 Å². The topological polar surface area (TPSA) is 86.6 Å². The molecule has 0 aromatic heterocycles. The number of phenols is 1. The molecule has 0 saturated heterocycles. The van der Waals surface area contributed by atoms with Crippen molar-refractivity contribution in [2.75, 3.05) is 0 Å². The molecule has 1 amide bonds. The number of nitrogens with one attached hydrogen (secondary N) is 1. The number of aliphatic carboxylic acids is 1. The van der Waals surface area contributed by atoms with Crippen LogP contribution in [0.5, 0.6) is 5.75 Å². The van der Waals surface area contributed by atoms with Crippen LogP contribution in [0.1, 0.15) is 63.9 Å². The Hall–Kier alpha value is -1.04. The molecule has 25 heavy (non-hydrogen) atoms. The number of aromatic hydroxyl groups is 1. The van der Waals surface area contributed by atoms with Crippen LogP contribution in [0.3, 0.4) is 0 Å². The zero-order valence-electron chi connectivity index (χ0n) is 14.5. The predicted molar refractivity (Wildman–Crippen MR) is 101 cm³/mol. The molecule has 1 atom stereocenters. The molecule has 0 radical (unpaired) electrons. The Bertz CT molecular complexity index is 505. The van der Waals surface area contributed by atoms with Crippen LogP contribution in [0.15, 0.2) is 24.3 Å². The van der Waals surface area contributed by atoms with Gasteiger partial charge in [0.05, 0.1) is 0 Å². The predicted octanol–water partition coefficient (Wildman–Crippen LogP) is 3.00. The van der Waals surface area contributed by atoms with E-state index >= 15 is 0 Å². The first-order chi connectivity index (χ1) is 11.5. The summed E-state index contributed by atoms with van der Waals surface area (Å²) in [4.78, 5) is 23.2. The number of amides is 1. The van der Waals surface area contributed by atoms with Crippen molar-refractivity contribution in [3.63, 3.8) is 0 Å². The van der Waals surface area contributed by atoms with Gasteiger partial charge in [-0.25, -0.2) is 4.79 Å². The first-order valence-electron chi connectivity index (χ1n) is 8.83. The molecule has 1 aromatic carbocycles. The summed E-state index contributed by atoms with van der Waals surface area (Å²) in [5.41, 5.74) is 0.761. The van der Waals surface area contributed by atoms with E-state index in [1.165, 1.54) is 37.8 Å².